The van der Waals surface area contributed by atoms with Gasteiger partial charge in [-0.25, -0.2) is 4.79 Å². The van der Waals surface area contributed by atoms with Gasteiger partial charge < -0.3 is 14.2 Å². The summed E-state index contributed by atoms with van der Waals surface area (Å²) in [6.45, 7) is 4.57. The molecule has 0 fully saturated rings. The number of ether oxygens (including phenoxy) is 3. The zero-order chi connectivity index (χ0) is 18.1. The van der Waals surface area contributed by atoms with Gasteiger partial charge in [0.2, 0.25) is 5.82 Å². The van der Waals surface area contributed by atoms with Crippen LogP contribution in [-0.2, 0) is 0 Å². The summed E-state index contributed by atoms with van der Waals surface area (Å²) < 4.78 is 30.4. The molecule has 0 saturated heterocycles. The number of amides is 1. The molecule has 0 heterocycles. The summed E-state index contributed by atoms with van der Waals surface area (Å²) in [5, 5.41) is 2.56. The van der Waals surface area contributed by atoms with E-state index in [2.05, 4.69) is 5.32 Å². The molecule has 0 unspecified atom stereocenters. The lowest BCUT2D eigenvalue weighted by Crippen LogP contribution is -2.17. The lowest BCUT2D eigenvalue weighted by atomic mass is 10.2. The molecule has 1 N–H and O–H groups in total. The van der Waals surface area contributed by atoms with Crippen LogP contribution in [0.5, 0.6) is 17.2 Å². The number of hydrogen-bond acceptors (Lipinski definition) is 4. The number of rotatable bonds is 8. The Morgan fingerprint density at radius 3 is 2.08 bits per heavy atom. The first kappa shape index (κ1) is 18.6. The van der Waals surface area contributed by atoms with Crippen molar-refractivity contribution in [2.75, 3.05) is 18.5 Å². The van der Waals surface area contributed by atoms with Gasteiger partial charge in [0, 0.05) is 12.1 Å². The molecule has 0 spiro atoms. The number of halogens is 1. The van der Waals surface area contributed by atoms with E-state index in [1.807, 2.05) is 19.9 Å². The van der Waals surface area contributed by atoms with Gasteiger partial charge in [-0.2, -0.15) is 4.39 Å². The third-order valence-corrected chi connectivity index (χ3v) is 3.13. The van der Waals surface area contributed by atoms with E-state index in [1.54, 1.807) is 24.3 Å². The topological polar surface area (TPSA) is 56.8 Å². The van der Waals surface area contributed by atoms with Crippen molar-refractivity contribution in [1.82, 2.24) is 0 Å². The molecule has 5 nitrogen and oxygen atoms in total. The Bertz CT molecular complexity index is 662. The number of para-hydroxylation sites is 1. The van der Waals surface area contributed by atoms with E-state index < -0.39 is 11.9 Å². The predicted octanol–water partition coefficient (Wildman–Crippen LogP) is 5.01. The lowest BCUT2D eigenvalue weighted by molar-refractivity contribution is 0.215. The summed E-state index contributed by atoms with van der Waals surface area (Å²) in [6.07, 6.45) is 0.789. The van der Waals surface area contributed by atoms with Gasteiger partial charge in [0.15, 0.2) is 11.5 Å². The van der Waals surface area contributed by atoms with Crippen LogP contribution < -0.4 is 19.5 Å². The van der Waals surface area contributed by atoms with Gasteiger partial charge >= 0.3 is 6.09 Å². The van der Waals surface area contributed by atoms with E-state index in [4.69, 9.17) is 14.2 Å². The van der Waals surface area contributed by atoms with Crippen molar-refractivity contribution in [3.8, 4) is 17.2 Å². The third-order valence-electron chi connectivity index (χ3n) is 3.13. The highest BCUT2D eigenvalue weighted by atomic mass is 19.1. The quantitative estimate of drug-likeness (QED) is 0.729. The first-order valence-corrected chi connectivity index (χ1v) is 8.27. The monoisotopic (exact) mass is 347 g/mol. The highest BCUT2D eigenvalue weighted by molar-refractivity contribution is 5.87. The molecule has 0 aromatic heterocycles. The highest BCUT2D eigenvalue weighted by Crippen LogP contribution is 2.32. The molecular weight excluding hydrogens is 325 g/mol. The van der Waals surface area contributed by atoms with E-state index in [0.29, 0.717) is 24.7 Å². The van der Waals surface area contributed by atoms with Crippen molar-refractivity contribution in [2.24, 2.45) is 0 Å². The molecule has 0 aliphatic carbocycles. The summed E-state index contributed by atoms with van der Waals surface area (Å²) in [4.78, 5) is 12.0. The van der Waals surface area contributed by atoms with Gasteiger partial charge in [0.05, 0.1) is 18.9 Å². The second-order valence-electron chi connectivity index (χ2n) is 5.31. The van der Waals surface area contributed by atoms with E-state index in [0.717, 1.165) is 12.8 Å². The minimum atomic E-state index is -0.680. The van der Waals surface area contributed by atoms with Crippen molar-refractivity contribution < 1.29 is 23.4 Å². The number of carbonyl (C=O) groups is 1. The average Bonchev–Trinajstić information content (AvgIpc) is 2.61. The number of nitrogens with one attached hydrogen (secondary N) is 1. The normalized spacial score (nSPS) is 10.2. The summed E-state index contributed by atoms with van der Waals surface area (Å²) in [7, 11) is 0. The van der Waals surface area contributed by atoms with Crippen LogP contribution in [0, 0.1) is 5.82 Å². The van der Waals surface area contributed by atoms with E-state index in [-0.39, 0.29) is 11.5 Å². The molecule has 0 radical (unpaired) electrons. The lowest BCUT2D eigenvalue weighted by Gasteiger charge is -2.14. The molecule has 6 heteroatoms. The molecule has 134 valence electrons. The number of anilines is 1. The number of hydrogen-bond donors (Lipinski definition) is 1. The molecule has 2 aromatic carbocycles. The Hall–Kier alpha value is -2.76. The molecule has 2 aromatic rings. The molecule has 1 amide bonds. The summed E-state index contributed by atoms with van der Waals surface area (Å²) in [5.41, 5.74) is 0.333. The Labute approximate surface area is 146 Å². The molecule has 0 aliphatic rings. The van der Waals surface area contributed by atoms with Crippen LogP contribution in [0.4, 0.5) is 14.9 Å². The second kappa shape index (κ2) is 9.52. The summed E-state index contributed by atoms with van der Waals surface area (Å²) >= 11 is 0. The first-order valence-electron chi connectivity index (χ1n) is 8.27. The number of carbonyl (C=O) groups excluding carboxylic acids is 1. The smallest absolute Gasteiger partial charge is 0.417 e. The Kier molecular flexibility index (Phi) is 7.07. The van der Waals surface area contributed by atoms with Crippen molar-refractivity contribution in [2.45, 2.75) is 26.7 Å². The Balaban J connectivity index is 2.15. The molecule has 0 aliphatic heterocycles. The van der Waals surface area contributed by atoms with Crippen molar-refractivity contribution in [3.05, 3.63) is 48.3 Å². The van der Waals surface area contributed by atoms with Gasteiger partial charge in [-0.15, -0.1) is 0 Å². The molecule has 25 heavy (non-hydrogen) atoms. The molecule has 2 rings (SSSR count). The minimum absolute atomic E-state index is 0.0328. The van der Waals surface area contributed by atoms with Gasteiger partial charge in [0.25, 0.3) is 0 Å². The molecule has 0 atom stereocenters. The Morgan fingerprint density at radius 1 is 1.00 bits per heavy atom. The maximum atomic E-state index is 14.4. The molecule has 0 saturated carbocycles. The summed E-state index contributed by atoms with van der Waals surface area (Å²) in [6, 6.07) is 11.5. The molecular formula is C19H22FNO4. The highest BCUT2D eigenvalue weighted by Gasteiger charge is 2.15. The van der Waals surface area contributed by atoms with Crippen molar-refractivity contribution in [1.29, 1.82) is 0 Å². The predicted molar refractivity (Wildman–Crippen MR) is 94.1 cm³/mol. The standard InChI is InChI=1S/C19H22FNO4/c1-3-10-23-16-12-14(13-17(18(16)20)24-11-4-2)21-19(22)25-15-8-6-5-7-9-15/h5-9,12-13H,3-4,10-11H2,1-2H3,(H,21,22). The van der Waals surface area contributed by atoms with E-state index >= 15 is 0 Å². The number of benzene rings is 2. The van der Waals surface area contributed by atoms with E-state index in [1.165, 1.54) is 12.1 Å². The fourth-order valence-corrected chi connectivity index (χ4v) is 2.02. The van der Waals surface area contributed by atoms with Gasteiger partial charge in [-0.05, 0) is 25.0 Å². The van der Waals surface area contributed by atoms with Crippen LogP contribution in [0.25, 0.3) is 0 Å². The van der Waals surface area contributed by atoms with Crippen LogP contribution in [0.1, 0.15) is 26.7 Å². The zero-order valence-corrected chi connectivity index (χ0v) is 14.4. The van der Waals surface area contributed by atoms with Crippen LogP contribution in [0.3, 0.4) is 0 Å². The Morgan fingerprint density at radius 2 is 1.56 bits per heavy atom. The average molecular weight is 347 g/mol. The second-order valence-corrected chi connectivity index (χ2v) is 5.31. The first-order chi connectivity index (χ1) is 12.1. The van der Waals surface area contributed by atoms with Crippen molar-refractivity contribution >= 4 is 11.8 Å². The van der Waals surface area contributed by atoms with Crippen molar-refractivity contribution in [3.63, 3.8) is 0 Å². The minimum Gasteiger partial charge on any atom is -0.490 e. The van der Waals surface area contributed by atoms with Crippen LogP contribution in [0.2, 0.25) is 0 Å². The van der Waals surface area contributed by atoms with E-state index in [9.17, 15) is 9.18 Å². The van der Waals surface area contributed by atoms with Crippen LogP contribution in [-0.4, -0.2) is 19.3 Å². The fraction of sp³-hybridized carbons (Fsp3) is 0.316. The third kappa shape index (κ3) is 5.67. The van der Waals surface area contributed by atoms with Gasteiger partial charge in [-0.3, -0.25) is 5.32 Å². The maximum Gasteiger partial charge on any atom is 0.417 e. The zero-order valence-electron chi connectivity index (χ0n) is 14.4. The van der Waals surface area contributed by atoms with Gasteiger partial charge in [0.1, 0.15) is 5.75 Å². The van der Waals surface area contributed by atoms with Crippen LogP contribution >= 0.6 is 0 Å². The maximum absolute atomic E-state index is 14.4. The van der Waals surface area contributed by atoms with Crippen LogP contribution in [0.15, 0.2) is 42.5 Å². The summed E-state index contributed by atoms with van der Waals surface area (Å²) in [5.74, 6) is -0.105. The fourth-order valence-electron chi connectivity index (χ4n) is 2.02. The SMILES string of the molecule is CCCOc1cc(NC(=O)Oc2ccccc2)cc(OCCC)c1F. The largest absolute Gasteiger partial charge is 0.490 e. The van der Waals surface area contributed by atoms with Gasteiger partial charge in [-0.1, -0.05) is 32.0 Å². The molecule has 0 bridgehead atoms.